The summed E-state index contributed by atoms with van der Waals surface area (Å²) in [6, 6.07) is 33.6. The third kappa shape index (κ3) is 7.69. The van der Waals surface area contributed by atoms with Crippen LogP contribution in [-0.2, 0) is 29.2 Å². The largest absolute Gasteiger partial charge is 0.392 e. The molecular weight excluding hydrogens is 630 g/mol. The Hall–Kier alpha value is -4.74. The molecule has 2 amide bonds. The van der Waals surface area contributed by atoms with Gasteiger partial charge >= 0.3 is 11.7 Å². The summed E-state index contributed by atoms with van der Waals surface area (Å²) in [6.07, 6.45) is 0.891. The molecule has 0 unspecified atom stereocenters. The van der Waals surface area contributed by atoms with Crippen LogP contribution >= 0.6 is 0 Å². The molecule has 10 nitrogen and oxygen atoms in total. The molecule has 5 aromatic rings. The minimum atomic E-state index is -0.572. The first-order valence-electron chi connectivity index (χ1n) is 17.5. The van der Waals surface area contributed by atoms with Crippen molar-refractivity contribution in [1.82, 2.24) is 25.1 Å². The Morgan fingerprint density at radius 3 is 2.12 bits per heavy atom. The Morgan fingerprint density at radius 2 is 1.42 bits per heavy atom. The maximum absolute atomic E-state index is 12.8. The lowest BCUT2D eigenvalue weighted by Gasteiger charge is -2.44. The number of imidazole rings is 1. The van der Waals surface area contributed by atoms with Crippen LogP contribution in [0.2, 0.25) is 0 Å². The number of ether oxygens (including phenoxy) is 2. The highest BCUT2D eigenvalue weighted by Gasteiger charge is 2.39. The molecule has 4 atom stereocenters. The number of nitrogens with zero attached hydrogens (tertiary/aromatic N) is 2. The summed E-state index contributed by atoms with van der Waals surface area (Å²) in [6.45, 7) is 5.52. The SMILES string of the molecule is C[C@H]1[C@@H](CN2CCC(n3c(=O)[nH]c4ccccc43)CC2)O[C@@H](c2ccc(CNC(=O)NCc3ccccc3)cc2)O[C@H]1c1ccc(CO)cc1. The highest BCUT2D eigenvalue weighted by atomic mass is 16.7. The van der Waals surface area contributed by atoms with E-state index in [-0.39, 0.29) is 42.5 Å². The molecule has 0 aliphatic carbocycles. The number of amides is 2. The molecule has 1 aromatic heterocycles. The number of aromatic amines is 1. The molecule has 4 N–H and O–H groups in total. The number of hydrogen-bond donors (Lipinski definition) is 4. The van der Waals surface area contributed by atoms with E-state index in [9.17, 15) is 14.7 Å². The molecule has 2 aliphatic rings. The lowest BCUT2D eigenvalue weighted by atomic mass is 9.89. The standard InChI is InChI=1S/C40H45N5O5/c1-27-36(25-44-21-19-33(20-22-44)45-35-10-6-5-9-34(35)43-40(45)48)49-38(50-37(27)31-15-13-30(26-46)14-16-31)32-17-11-29(12-18-32)24-42-39(47)41-23-28-7-3-2-4-8-28/h2-18,27,33,36-38,46H,19-26H2,1H3,(H,43,48)(H2,41,42,47)/t27-,36+,37+,38+/m0/s1. The number of carbonyl (C=O) groups excluding carboxylic acids is 1. The van der Waals surface area contributed by atoms with Crippen molar-refractivity contribution >= 4 is 17.1 Å². The van der Waals surface area contributed by atoms with E-state index < -0.39 is 6.29 Å². The predicted octanol–water partition coefficient (Wildman–Crippen LogP) is 5.95. The number of hydrogen-bond acceptors (Lipinski definition) is 6. The molecular formula is C40H45N5O5. The van der Waals surface area contributed by atoms with Crippen molar-refractivity contribution in [3.8, 4) is 0 Å². The van der Waals surface area contributed by atoms with Gasteiger partial charge in [-0.1, -0.05) is 97.9 Å². The highest BCUT2D eigenvalue weighted by Crippen LogP contribution is 2.42. The second-order valence-electron chi connectivity index (χ2n) is 13.4. The van der Waals surface area contributed by atoms with Gasteiger partial charge in [-0.25, -0.2) is 9.59 Å². The number of piperidine rings is 1. The molecule has 4 aromatic carbocycles. The Bertz CT molecular complexity index is 1920. The molecule has 0 radical (unpaired) electrons. The summed E-state index contributed by atoms with van der Waals surface area (Å²) in [5.74, 6) is 0.0676. The van der Waals surface area contributed by atoms with E-state index in [1.54, 1.807) is 0 Å². The van der Waals surface area contributed by atoms with Crippen molar-refractivity contribution in [3.05, 3.63) is 141 Å². The van der Waals surface area contributed by atoms with Gasteiger partial charge < -0.3 is 35.1 Å². The van der Waals surface area contributed by atoms with Crippen LogP contribution in [0.4, 0.5) is 4.79 Å². The molecule has 2 fully saturated rings. The smallest absolute Gasteiger partial charge is 0.326 e. The molecule has 0 bridgehead atoms. The third-order valence-electron chi connectivity index (χ3n) is 10.1. The number of carbonyl (C=O) groups is 1. The summed E-state index contributed by atoms with van der Waals surface area (Å²) in [5.41, 5.74) is 6.62. The van der Waals surface area contributed by atoms with Gasteiger partial charge in [0.1, 0.15) is 0 Å². The first-order chi connectivity index (χ1) is 24.4. The zero-order valence-corrected chi connectivity index (χ0v) is 28.3. The summed E-state index contributed by atoms with van der Waals surface area (Å²) >= 11 is 0. The quantitative estimate of drug-likeness (QED) is 0.145. The first-order valence-corrected chi connectivity index (χ1v) is 17.5. The van der Waals surface area contributed by atoms with Crippen molar-refractivity contribution in [2.75, 3.05) is 19.6 Å². The number of nitrogens with one attached hydrogen (secondary N) is 3. The minimum absolute atomic E-state index is 0.00770. The van der Waals surface area contributed by atoms with Gasteiger partial charge in [-0.3, -0.25) is 4.57 Å². The fourth-order valence-electron chi connectivity index (χ4n) is 7.20. The zero-order valence-electron chi connectivity index (χ0n) is 28.3. The average molecular weight is 676 g/mol. The molecule has 7 rings (SSSR count). The summed E-state index contributed by atoms with van der Waals surface area (Å²) in [5, 5.41) is 15.4. The van der Waals surface area contributed by atoms with Crippen LogP contribution < -0.4 is 16.3 Å². The van der Waals surface area contributed by atoms with E-state index in [1.165, 1.54) is 0 Å². The third-order valence-corrected chi connectivity index (χ3v) is 10.1. The van der Waals surface area contributed by atoms with E-state index in [0.29, 0.717) is 13.1 Å². The lowest BCUT2D eigenvalue weighted by Crippen LogP contribution is -2.47. The van der Waals surface area contributed by atoms with Gasteiger partial charge in [0, 0.05) is 50.2 Å². The highest BCUT2D eigenvalue weighted by molar-refractivity contribution is 5.75. The zero-order chi connectivity index (χ0) is 34.5. The number of para-hydroxylation sites is 2. The molecule has 10 heteroatoms. The molecule has 50 heavy (non-hydrogen) atoms. The number of aliphatic hydroxyl groups is 1. The summed E-state index contributed by atoms with van der Waals surface area (Å²) in [4.78, 5) is 30.7. The second-order valence-corrected chi connectivity index (χ2v) is 13.4. The number of rotatable bonds is 10. The monoisotopic (exact) mass is 675 g/mol. The van der Waals surface area contributed by atoms with Crippen LogP contribution in [0, 0.1) is 5.92 Å². The number of fused-ring (bicyclic) bond motifs is 1. The molecule has 0 saturated carbocycles. The van der Waals surface area contributed by atoms with E-state index in [4.69, 9.17) is 9.47 Å². The van der Waals surface area contributed by atoms with Crippen LogP contribution in [0.3, 0.4) is 0 Å². The van der Waals surface area contributed by atoms with E-state index in [2.05, 4.69) is 27.4 Å². The first kappa shape index (κ1) is 33.7. The number of urea groups is 1. The van der Waals surface area contributed by atoms with E-state index in [0.717, 1.165) is 71.3 Å². The average Bonchev–Trinajstić information content (AvgIpc) is 3.50. The maximum atomic E-state index is 12.8. The molecule has 2 saturated heterocycles. The number of benzene rings is 4. The Balaban J connectivity index is 1.01. The van der Waals surface area contributed by atoms with Gasteiger partial charge in [0.2, 0.25) is 0 Å². The Kier molecular flexibility index (Phi) is 10.4. The fraction of sp³-hybridized carbons (Fsp3) is 0.350. The van der Waals surface area contributed by atoms with Crippen LogP contribution in [0.15, 0.2) is 108 Å². The summed E-state index contributed by atoms with van der Waals surface area (Å²) in [7, 11) is 0. The van der Waals surface area contributed by atoms with E-state index in [1.807, 2.05) is 108 Å². The Morgan fingerprint density at radius 1 is 0.800 bits per heavy atom. The van der Waals surface area contributed by atoms with Crippen LogP contribution in [0.1, 0.15) is 66.0 Å². The van der Waals surface area contributed by atoms with Gasteiger partial charge in [0.25, 0.3) is 0 Å². The van der Waals surface area contributed by atoms with E-state index >= 15 is 0 Å². The summed E-state index contributed by atoms with van der Waals surface area (Å²) < 4.78 is 15.3. The normalized spacial score (nSPS) is 21.6. The van der Waals surface area contributed by atoms with Crippen LogP contribution in [0.25, 0.3) is 11.0 Å². The maximum Gasteiger partial charge on any atom is 0.326 e. The topological polar surface area (TPSA) is 121 Å². The van der Waals surface area contributed by atoms with Gasteiger partial charge in [-0.2, -0.15) is 0 Å². The number of H-pyrrole nitrogens is 1. The molecule has 2 aliphatic heterocycles. The second kappa shape index (κ2) is 15.4. The Labute approximate surface area is 292 Å². The van der Waals surface area contributed by atoms with Crippen LogP contribution in [0.5, 0.6) is 0 Å². The van der Waals surface area contributed by atoms with Crippen molar-refractivity contribution in [3.63, 3.8) is 0 Å². The van der Waals surface area contributed by atoms with Crippen molar-refractivity contribution in [1.29, 1.82) is 0 Å². The molecule has 0 spiro atoms. The fourth-order valence-corrected chi connectivity index (χ4v) is 7.20. The van der Waals surface area contributed by atoms with Crippen LogP contribution in [-0.4, -0.2) is 51.3 Å². The predicted molar refractivity (Wildman–Crippen MR) is 192 cm³/mol. The number of aliphatic hydroxyl groups excluding tert-OH is 1. The van der Waals surface area contributed by atoms with Crippen molar-refractivity contribution in [2.45, 2.75) is 64.0 Å². The minimum Gasteiger partial charge on any atom is -0.392 e. The van der Waals surface area contributed by atoms with Gasteiger partial charge in [-0.05, 0) is 47.2 Å². The van der Waals surface area contributed by atoms with Gasteiger partial charge in [0.15, 0.2) is 6.29 Å². The van der Waals surface area contributed by atoms with Gasteiger partial charge in [-0.15, -0.1) is 0 Å². The number of aromatic nitrogens is 2. The number of likely N-dealkylation sites (tertiary alicyclic amines) is 1. The van der Waals surface area contributed by atoms with Crippen molar-refractivity contribution in [2.24, 2.45) is 5.92 Å². The lowest BCUT2D eigenvalue weighted by molar-refractivity contribution is -0.276. The van der Waals surface area contributed by atoms with Gasteiger partial charge in [0.05, 0.1) is 29.8 Å². The van der Waals surface area contributed by atoms with Crippen molar-refractivity contribution < 1.29 is 19.4 Å². The molecule has 3 heterocycles. The molecule has 260 valence electrons.